The largest absolute Gasteiger partial charge is 0.492 e. The highest BCUT2D eigenvalue weighted by Crippen LogP contribution is 2.25. The van der Waals surface area contributed by atoms with Gasteiger partial charge < -0.3 is 10.1 Å². The number of para-hydroxylation sites is 2. The van der Waals surface area contributed by atoms with Crippen molar-refractivity contribution in [2.75, 3.05) is 11.9 Å². The van der Waals surface area contributed by atoms with Crippen molar-refractivity contribution in [3.63, 3.8) is 0 Å². The minimum absolute atomic E-state index is 0.451. The first-order valence-electron chi connectivity index (χ1n) is 5.63. The zero-order chi connectivity index (χ0) is 11.3. The molecule has 0 aromatic heterocycles. The average Bonchev–Trinajstić information content (AvgIpc) is 2.21. The van der Waals surface area contributed by atoms with Crippen LogP contribution in [0.5, 0.6) is 5.75 Å². The molecule has 1 aromatic carbocycles. The zero-order valence-electron chi connectivity index (χ0n) is 10.1. The van der Waals surface area contributed by atoms with Crippen molar-refractivity contribution in [1.82, 2.24) is 0 Å². The quantitative estimate of drug-likeness (QED) is 0.797. The summed E-state index contributed by atoms with van der Waals surface area (Å²) >= 11 is 0. The van der Waals surface area contributed by atoms with Gasteiger partial charge >= 0.3 is 0 Å². The molecule has 1 unspecified atom stereocenters. The molecule has 1 aromatic rings. The maximum Gasteiger partial charge on any atom is 0.142 e. The molecular weight excluding hydrogens is 186 g/mol. The number of hydrogen-bond donors (Lipinski definition) is 1. The lowest BCUT2D eigenvalue weighted by atomic mass is 10.1. The van der Waals surface area contributed by atoms with E-state index in [1.807, 2.05) is 25.1 Å². The first-order valence-corrected chi connectivity index (χ1v) is 5.63. The maximum absolute atomic E-state index is 5.56. The van der Waals surface area contributed by atoms with Gasteiger partial charge in [-0.1, -0.05) is 26.0 Å². The molecule has 0 spiro atoms. The molecule has 0 radical (unpaired) electrons. The molecule has 0 saturated carbocycles. The van der Waals surface area contributed by atoms with Crippen LogP contribution in [0.3, 0.4) is 0 Å². The molecule has 0 fully saturated rings. The monoisotopic (exact) mass is 207 g/mol. The predicted molar refractivity (Wildman–Crippen MR) is 65.5 cm³/mol. The summed E-state index contributed by atoms with van der Waals surface area (Å²) < 4.78 is 5.56. The highest BCUT2D eigenvalue weighted by Gasteiger charge is 2.09. The van der Waals surface area contributed by atoms with Gasteiger partial charge in [0.05, 0.1) is 12.3 Å². The minimum atomic E-state index is 0.451. The van der Waals surface area contributed by atoms with E-state index in [0.29, 0.717) is 18.6 Å². The molecule has 0 aliphatic heterocycles. The number of benzene rings is 1. The zero-order valence-corrected chi connectivity index (χ0v) is 10.1. The van der Waals surface area contributed by atoms with Crippen LogP contribution in [0.15, 0.2) is 24.3 Å². The van der Waals surface area contributed by atoms with Crippen LogP contribution in [0, 0.1) is 5.92 Å². The van der Waals surface area contributed by atoms with Crippen LogP contribution in [0.4, 0.5) is 5.69 Å². The van der Waals surface area contributed by atoms with Gasteiger partial charge in [-0.2, -0.15) is 0 Å². The molecule has 84 valence electrons. The van der Waals surface area contributed by atoms with Crippen molar-refractivity contribution in [2.24, 2.45) is 5.92 Å². The van der Waals surface area contributed by atoms with Gasteiger partial charge in [-0.15, -0.1) is 0 Å². The van der Waals surface area contributed by atoms with Gasteiger partial charge in [0.15, 0.2) is 0 Å². The van der Waals surface area contributed by atoms with Crippen LogP contribution in [0.25, 0.3) is 0 Å². The summed E-state index contributed by atoms with van der Waals surface area (Å²) in [6, 6.07) is 8.53. The Balaban J connectivity index is 2.74. The fourth-order valence-electron chi connectivity index (χ4n) is 1.28. The highest BCUT2D eigenvalue weighted by molar-refractivity contribution is 5.56. The number of anilines is 1. The van der Waals surface area contributed by atoms with Crippen LogP contribution in [0.1, 0.15) is 27.7 Å². The molecule has 0 aliphatic carbocycles. The minimum Gasteiger partial charge on any atom is -0.492 e. The molecule has 0 amide bonds. The van der Waals surface area contributed by atoms with Crippen molar-refractivity contribution in [3.05, 3.63) is 24.3 Å². The van der Waals surface area contributed by atoms with Gasteiger partial charge in [0.1, 0.15) is 5.75 Å². The Morgan fingerprint density at radius 2 is 1.87 bits per heavy atom. The fourth-order valence-corrected chi connectivity index (χ4v) is 1.28. The third kappa shape index (κ3) is 3.46. The molecule has 2 heteroatoms. The van der Waals surface area contributed by atoms with Crippen LogP contribution in [-0.2, 0) is 0 Å². The second-order valence-corrected chi connectivity index (χ2v) is 4.11. The summed E-state index contributed by atoms with van der Waals surface area (Å²) in [6.45, 7) is 9.31. The van der Waals surface area contributed by atoms with E-state index in [1.165, 1.54) is 0 Å². The summed E-state index contributed by atoms with van der Waals surface area (Å²) in [5.74, 6) is 1.55. The molecule has 0 aliphatic rings. The maximum atomic E-state index is 5.56. The van der Waals surface area contributed by atoms with Gasteiger partial charge in [0.25, 0.3) is 0 Å². The van der Waals surface area contributed by atoms with E-state index in [2.05, 4.69) is 32.2 Å². The van der Waals surface area contributed by atoms with Crippen LogP contribution < -0.4 is 10.1 Å². The molecule has 0 saturated heterocycles. The molecule has 1 N–H and O–H groups in total. The molecule has 2 nitrogen and oxygen atoms in total. The summed E-state index contributed by atoms with van der Waals surface area (Å²) in [5.41, 5.74) is 1.08. The lowest BCUT2D eigenvalue weighted by Crippen LogP contribution is -2.21. The Kier molecular flexibility index (Phi) is 4.47. The van der Waals surface area contributed by atoms with E-state index in [4.69, 9.17) is 4.74 Å². The third-order valence-electron chi connectivity index (χ3n) is 2.57. The van der Waals surface area contributed by atoms with Crippen molar-refractivity contribution in [2.45, 2.75) is 33.7 Å². The first kappa shape index (κ1) is 11.9. The van der Waals surface area contributed by atoms with E-state index in [-0.39, 0.29) is 0 Å². The normalized spacial score (nSPS) is 12.6. The van der Waals surface area contributed by atoms with Crippen molar-refractivity contribution in [1.29, 1.82) is 0 Å². The van der Waals surface area contributed by atoms with Crippen molar-refractivity contribution in [3.8, 4) is 5.75 Å². The van der Waals surface area contributed by atoms with Gasteiger partial charge in [-0.05, 0) is 31.9 Å². The van der Waals surface area contributed by atoms with E-state index >= 15 is 0 Å². The van der Waals surface area contributed by atoms with Crippen LogP contribution >= 0.6 is 0 Å². The SMILES string of the molecule is CCOc1ccccc1NC(C)C(C)C. The van der Waals surface area contributed by atoms with E-state index in [1.54, 1.807) is 0 Å². The number of nitrogens with one attached hydrogen (secondary N) is 1. The Morgan fingerprint density at radius 1 is 1.20 bits per heavy atom. The van der Waals surface area contributed by atoms with Crippen molar-refractivity contribution < 1.29 is 4.74 Å². The first-order chi connectivity index (χ1) is 7.15. The molecule has 15 heavy (non-hydrogen) atoms. The lowest BCUT2D eigenvalue weighted by molar-refractivity contribution is 0.341. The van der Waals surface area contributed by atoms with Gasteiger partial charge in [-0.3, -0.25) is 0 Å². The van der Waals surface area contributed by atoms with E-state index in [0.717, 1.165) is 11.4 Å². The lowest BCUT2D eigenvalue weighted by Gasteiger charge is -2.20. The summed E-state index contributed by atoms with van der Waals surface area (Å²) in [5, 5.41) is 3.47. The standard InChI is InChI=1S/C13H21NO/c1-5-15-13-9-7-6-8-12(13)14-11(4)10(2)3/h6-11,14H,5H2,1-4H3. The second-order valence-electron chi connectivity index (χ2n) is 4.11. The molecule has 0 heterocycles. The van der Waals surface area contributed by atoms with Gasteiger partial charge in [0.2, 0.25) is 0 Å². The molecule has 1 rings (SSSR count). The number of hydrogen-bond acceptors (Lipinski definition) is 2. The van der Waals surface area contributed by atoms with Crippen LogP contribution in [-0.4, -0.2) is 12.6 Å². The second kappa shape index (κ2) is 5.64. The predicted octanol–water partition coefficient (Wildman–Crippen LogP) is 3.54. The Hall–Kier alpha value is -1.18. The van der Waals surface area contributed by atoms with E-state index < -0.39 is 0 Å². The number of rotatable bonds is 5. The topological polar surface area (TPSA) is 21.3 Å². The highest BCUT2D eigenvalue weighted by atomic mass is 16.5. The Morgan fingerprint density at radius 3 is 2.47 bits per heavy atom. The smallest absolute Gasteiger partial charge is 0.142 e. The van der Waals surface area contributed by atoms with Gasteiger partial charge in [-0.25, -0.2) is 0 Å². The Labute approximate surface area is 92.6 Å². The van der Waals surface area contributed by atoms with Crippen LogP contribution in [0.2, 0.25) is 0 Å². The molecule has 1 atom stereocenters. The summed E-state index contributed by atoms with van der Waals surface area (Å²) in [4.78, 5) is 0. The van der Waals surface area contributed by atoms with E-state index in [9.17, 15) is 0 Å². The average molecular weight is 207 g/mol. The molecule has 0 bridgehead atoms. The number of ether oxygens (including phenoxy) is 1. The molecular formula is C13H21NO. The summed E-state index contributed by atoms with van der Waals surface area (Å²) in [6.07, 6.45) is 0. The third-order valence-corrected chi connectivity index (χ3v) is 2.57. The fraction of sp³-hybridized carbons (Fsp3) is 0.538. The summed E-state index contributed by atoms with van der Waals surface area (Å²) in [7, 11) is 0. The Bertz CT molecular complexity index is 296. The van der Waals surface area contributed by atoms with Crippen molar-refractivity contribution >= 4 is 5.69 Å². The van der Waals surface area contributed by atoms with Gasteiger partial charge in [0, 0.05) is 6.04 Å².